The minimum Gasteiger partial charge on any atom is -0.326 e. The Morgan fingerprint density at radius 3 is 2.77 bits per heavy atom. The summed E-state index contributed by atoms with van der Waals surface area (Å²) in [6, 6.07) is 0. The number of Topliss-reactive ketones (excluding diaryl/α,β-unsaturated/α-hetero) is 1. The fourth-order valence-corrected chi connectivity index (χ4v) is 1.98. The van der Waals surface area contributed by atoms with Crippen molar-refractivity contribution in [2.45, 2.75) is 33.2 Å². The van der Waals surface area contributed by atoms with E-state index in [1.165, 1.54) is 11.3 Å². The Morgan fingerprint density at radius 1 is 1.62 bits per heavy atom. The zero-order valence-corrected chi connectivity index (χ0v) is 8.78. The fraction of sp³-hybridized carbons (Fsp3) is 0.556. The number of rotatable bonds is 4. The average molecular weight is 198 g/mol. The molecule has 0 aliphatic rings. The molecule has 0 spiro atoms. The summed E-state index contributed by atoms with van der Waals surface area (Å²) in [6.07, 6.45) is 1.45. The Bertz CT molecular complexity index is 307. The summed E-state index contributed by atoms with van der Waals surface area (Å²) in [4.78, 5) is 16.6. The summed E-state index contributed by atoms with van der Waals surface area (Å²) in [5.74, 6) is 0.135. The van der Waals surface area contributed by atoms with Crippen LogP contribution >= 0.6 is 11.3 Å². The molecule has 3 nitrogen and oxygen atoms in total. The lowest BCUT2D eigenvalue weighted by Crippen LogP contribution is -1.96. The molecule has 1 aromatic heterocycles. The van der Waals surface area contributed by atoms with Gasteiger partial charge in [0.1, 0.15) is 0 Å². The number of ketones is 1. The number of aromatic nitrogens is 1. The molecule has 1 heterocycles. The molecule has 0 aliphatic carbocycles. The first-order valence-electron chi connectivity index (χ1n) is 4.38. The van der Waals surface area contributed by atoms with Gasteiger partial charge in [0.25, 0.3) is 0 Å². The standard InChI is InChI=1S/C9H14N2OS/c1-3-4-7(12)9-11-6(2)8(5-10)13-9/h3-5,10H2,1-2H3. The lowest BCUT2D eigenvalue weighted by molar-refractivity contribution is 0.0981. The highest BCUT2D eigenvalue weighted by Crippen LogP contribution is 2.18. The maximum Gasteiger partial charge on any atom is 0.191 e. The van der Waals surface area contributed by atoms with E-state index in [-0.39, 0.29) is 5.78 Å². The first-order chi connectivity index (χ1) is 6.19. The topological polar surface area (TPSA) is 56.0 Å². The molecule has 1 aromatic rings. The molecular weight excluding hydrogens is 184 g/mol. The van der Waals surface area contributed by atoms with Gasteiger partial charge in [0.2, 0.25) is 0 Å². The van der Waals surface area contributed by atoms with Crippen molar-refractivity contribution in [2.75, 3.05) is 0 Å². The second-order valence-electron chi connectivity index (χ2n) is 2.90. The van der Waals surface area contributed by atoms with Crippen LogP contribution in [0.5, 0.6) is 0 Å². The number of hydrogen-bond donors (Lipinski definition) is 1. The van der Waals surface area contributed by atoms with Gasteiger partial charge in [-0.2, -0.15) is 0 Å². The minimum absolute atomic E-state index is 0.135. The largest absolute Gasteiger partial charge is 0.326 e. The SMILES string of the molecule is CCCC(=O)c1nc(C)c(CN)s1. The summed E-state index contributed by atoms with van der Waals surface area (Å²) >= 11 is 1.42. The number of carbonyl (C=O) groups excluding carboxylic acids is 1. The fourth-order valence-electron chi connectivity index (χ4n) is 1.07. The monoisotopic (exact) mass is 198 g/mol. The molecule has 0 bridgehead atoms. The molecule has 13 heavy (non-hydrogen) atoms. The predicted octanol–water partition coefficient (Wildman–Crippen LogP) is 1.89. The molecular formula is C9H14N2OS. The van der Waals surface area contributed by atoms with Crippen molar-refractivity contribution in [3.8, 4) is 0 Å². The van der Waals surface area contributed by atoms with Gasteiger partial charge in [-0.25, -0.2) is 4.98 Å². The third-order valence-corrected chi connectivity index (χ3v) is 3.01. The Labute approximate surface area is 82.0 Å². The number of carbonyl (C=O) groups is 1. The van der Waals surface area contributed by atoms with E-state index in [9.17, 15) is 4.79 Å². The molecule has 0 aromatic carbocycles. The molecule has 4 heteroatoms. The van der Waals surface area contributed by atoms with Gasteiger partial charge in [-0.05, 0) is 13.3 Å². The van der Waals surface area contributed by atoms with E-state index in [1.807, 2.05) is 13.8 Å². The molecule has 1 rings (SSSR count). The molecule has 0 saturated carbocycles. The molecule has 2 N–H and O–H groups in total. The molecule has 0 unspecified atom stereocenters. The van der Waals surface area contributed by atoms with Crippen molar-refractivity contribution >= 4 is 17.1 Å². The van der Waals surface area contributed by atoms with Crippen LogP contribution in [-0.4, -0.2) is 10.8 Å². The summed E-state index contributed by atoms with van der Waals surface area (Å²) in [6.45, 7) is 4.35. The lowest BCUT2D eigenvalue weighted by Gasteiger charge is -1.90. The van der Waals surface area contributed by atoms with Crippen LogP contribution in [0.15, 0.2) is 0 Å². The number of thiazole rings is 1. The lowest BCUT2D eigenvalue weighted by atomic mass is 10.2. The van der Waals surface area contributed by atoms with Crippen LogP contribution in [0, 0.1) is 6.92 Å². The maximum atomic E-state index is 11.4. The van der Waals surface area contributed by atoms with Gasteiger partial charge in [0, 0.05) is 17.8 Å². The first-order valence-corrected chi connectivity index (χ1v) is 5.20. The van der Waals surface area contributed by atoms with Crippen LogP contribution in [-0.2, 0) is 6.54 Å². The highest BCUT2D eigenvalue weighted by Gasteiger charge is 2.12. The third-order valence-electron chi connectivity index (χ3n) is 1.79. The van der Waals surface area contributed by atoms with E-state index in [4.69, 9.17) is 5.73 Å². The molecule has 0 atom stereocenters. The molecule has 0 fully saturated rings. The van der Waals surface area contributed by atoms with Gasteiger partial charge >= 0.3 is 0 Å². The number of aryl methyl sites for hydroxylation is 1. The summed E-state index contributed by atoms with van der Waals surface area (Å²) in [5, 5.41) is 0.611. The van der Waals surface area contributed by atoms with E-state index in [0.717, 1.165) is 17.0 Å². The van der Waals surface area contributed by atoms with Crippen LogP contribution in [0.4, 0.5) is 0 Å². The summed E-state index contributed by atoms with van der Waals surface area (Å²) in [5.41, 5.74) is 6.39. The van der Waals surface area contributed by atoms with Crippen LogP contribution in [0.2, 0.25) is 0 Å². The second kappa shape index (κ2) is 4.48. The quantitative estimate of drug-likeness (QED) is 0.752. The van der Waals surface area contributed by atoms with E-state index in [0.29, 0.717) is 18.0 Å². The summed E-state index contributed by atoms with van der Waals surface area (Å²) < 4.78 is 0. The molecule has 0 saturated heterocycles. The van der Waals surface area contributed by atoms with Gasteiger partial charge in [-0.3, -0.25) is 4.79 Å². The van der Waals surface area contributed by atoms with Crippen LogP contribution < -0.4 is 5.73 Å². The van der Waals surface area contributed by atoms with Crippen LogP contribution in [0.25, 0.3) is 0 Å². The van der Waals surface area contributed by atoms with Gasteiger partial charge in [0.05, 0.1) is 5.69 Å². The van der Waals surface area contributed by atoms with E-state index in [2.05, 4.69) is 4.98 Å². The van der Waals surface area contributed by atoms with Gasteiger partial charge < -0.3 is 5.73 Å². The second-order valence-corrected chi connectivity index (χ2v) is 3.99. The highest BCUT2D eigenvalue weighted by molar-refractivity contribution is 7.13. The summed E-state index contributed by atoms with van der Waals surface area (Å²) in [7, 11) is 0. The minimum atomic E-state index is 0.135. The molecule has 0 radical (unpaired) electrons. The van der Waals surface area contributed by atoms with Crippen LogP contribution in [0.1, 0.15) is 40.1 Å². The van der Waals surface area contributed by atoms with E-state index >= 15 is 0 Å². The third kappa shape index (κ3) is 2.35. The van der Waals surface area contributed by atoms with Crippen molar-refractivity contribution in [3.63, 3.8) is 0 Å². The molecule has 72 valence electrons. The Morgan fingerprint density at radius 2 is 2.31 bits per heavy atom. The maximum absolute atomic E-state index is 11.4. The normalized spacial score (nSPS) is 10.4. The van der Waals surface area contributed by atoms with Crippen molar-refractivity contribution in [2.24, 2.45) is 5.73 Å². The zero-order valence-electron chi connectivity index (χ0n) is 7.96. The average Bonchev–Trinajstić information content (AvgIpc) is 2.47. The van der Waals surface area contributed by atoms with Gasteiger partial charge in [-0.1, -0.05) is 6.92 Å². The smallest absolute Gasteiger partial charge is 0.191 e. The van der Waals surface area contributed by atoms with Crippen LogP contribution in [0.3, 0.4) is 0 Å². The number of hydrogen-bond acceptors (Lipinski definition) is 4. The van der Waals surface area contributed by atoms with Gasteiger partial charge in [0.15, 0.2) is 10.8 Å². The number of nitrogens with two attached hydrogens (primary N) is 1. The van der Waals surface area contributed by atoms with E-state index in [1.54, 1.807) is 0 Å². The first kappa shape index (κ1) is 10.3. The van der Waals surface area contributed by atoms with Gasteiger partial charge in [-0.15, -0.1) is 11.3 Å². The predicted molar refractivity (Wildman–Crippen MR) is 54.0 cm³/mol. The van der Waals surface area contributed by atoms with E-state index < -0.39 is 0 Å². The Balaban J connectivity index is 2.84. The highest BCUT2D eigenvalue weighted by atomic mass is 32.1. The zero-order chi connectivity index (χ0) is 9.84. The van der Waals surface area contributed by atoms with Crippen molar-refractivity contribution in [1.29, 1.82) is 0 Å². The number of nitrogens with zero attached hydrogens (tertiary/aromatic N) is 1. The Hall–Kier alpha value is -0.740. The Kier molecular flexibility index (Phi) is 3.57. The van der Waals surface area contributed by atoms with Crippen molar-refractivity contribution in [1.82, 2.24) is 4.98 Å². The molecule has 0 amide bonds. The van der Waals surface area contributed by atoms with Crippen molar-refractivity contribution < 1.29 is 4.79 Å². The molecule has 0 aliphatic heterocycles. The van der Waals surface area contributed by atoms with Crippen molar-refractivity contribution in [3.05, 3.63) is 15.6 Å².